The summed E-state index contributed by atoms with van der Waals surface area (Å²) in [5.41, 5.74) is 0. The van der Waals surface area contributed by atoms with E-state index in [1.165, 1.54) is 19.3 Å². The van der Waals surface area contributed by atoms with Crippen molar-refractivity contribution in [2.45, 2.75) is 38.2 Å². The molecule has 1 saturated carbocycles. The molecular weight excluding hydrogens is 375 g/mol. The second-order valence-corrected chi connectivity index (χ2v) is 2.29. The summed E-state index contributed by atoms with van der Waals surface area (Å²) < 4.78 is 0. The summed E-state index contributed by atoms with van der Waals surface area (Å²) in [4.78, 5) is 0. The molecule has 4 heteroatoms. The van der Waals surface area contributed by atoms with E-state index in [0.717, 1.165) is 12.8 Å². The van der Waals surface area contributed by atoms with Gasteiger partial charge >= 0.3 is 0 Å². The fraction of sp³-hybridized carbons (Fsp3) is 1.00. The zero-order valence-corrected chi connectivity index (χ0v) is 11.9. The number of aliphatic hydroxyl groups excluding tert-OH is 1. The number of rotatable bonds is 0. The van der Waals surface area contributed by atoms with Crippen LogP contribution in [-0.4, -0.2) is 11.2 Å². The molecule has 1 aliphatic carbocycles. The van der Waals surface area contributed by atoms with E-state index in [1.54, 1.807) is 0 Å². The van der Waals surface area contributed by atoms with E-state index in [-0.39, 0.29) is 66.0 Å². The Morgan fingerprint density at radius 2 is 1.40 bits per heavy atom. The van der Waals surface area contributed by atoms with Gasteiger partial charge in [0.15, 0.2) is 0 Å². The van der Waals surface area contributed by atoms with E-state index in [0.29, 0.717) is 0 Å². The summed E-state index contributed by atoms with van der Waals surface area (Å²) in [5, 5.41) is 8.91. The molecular formula is C6H14NOWY-. The SMILES string of the molecule is OC1CCCCC1.[NH2-].[W].[Y]. The summed E-state index contributed by atoms with van der Waals surface area (Å²) in [6.45, 7) is 0. The summed E-state index contributed by atoms with van der Waals surface area (Å²) in [6, 6.07) is 0. The molecule has 0 bridgehead atoms. The normalized spacial score (nSPS) is 17.7. The Morgan fingerprint density at radius 1 is 1.00 bits per heavy atom. The van der Waals surface area contributed by atoms with E-state index in [1.807, 2.05) is 0 Å². The van der Waals surface area contributed by atoms with Crippen LogP contribution in [0, 0.1) is 0 Å². The van der Waals surface area contributed by atoms with Crippen molar-refractivity contribution in [2.75, 3.05) is 0 Å². The first-order chi connectivity index (χ1) is 3.39. The standard InChI is InChI=1S/C6H12O.H2N.W.Y/c7-6-4-2-1-3-5-6;;;/h6-7H,1-5H2;1H2;;/q;-1;;. The van der Waals surface area contributed by atoms with Gasteiger partial charge in [0, 0.05) is 53.8 Å². The zero-order chi connectivity index (χ0) is 5.11. The molecule has 0 aromatic carbocycles. The Labute approximate surface area is 102 Å². The van der Waals surface area contributed by atoms with Crippen LogP contribution in [0.25, 0.3) is 6.15 Å². The first kappa shape index (κ1) is 17.7. The Hall–Kier alpha value is 1.71. The third-order valence-electron chi connectivity index (χ3n) is 1.57. The maximum Gasteiger partial charge on any atom is 0.0540 e. The van der Waals surface area contributed by atoms with Crippen molar-refractivity contribution in [3.8, 4) is 0 Å². The third kappa shape index (κ3) is 7.82. The van der Waals surface area contributed by atoms with Gasteiger partial charge in [-0.1, -0.05) is 19.3 Å². The van der Waals surface area contributed by atoms with E-state index >= 15 is 0 Å². The minimum Gasteiger partial charge on any atom is -0.693 e. The molecule has 1 fully saturated rings. The van der Waals surface area contributed by atoms with Crippen molar-refractivity contribution in [1.82, 2.24) is 0 Å². The Morgan fingerprint density at radius 3 is 1.60 bits per heavy atom. The Kier molecular flexibility index (Phi) is 19.0. The average molecular weight is 389 g/mol. The molecule has 2 nitrogen and oxygen atoms in total. The summed E-state index contributed by atoms with van der Waals surface area (Å²) in [7, 11) is 0. The molecule has 0 spiro atoms. The van der Waals surface area contributed by atoms with Crippen molar-refractivity contribution in [3.05, 3.63) is 6.15 Å². The molecule has 0 saturated heterocycles. The number of hydrogen-bond acceptors (Lipinski definition) is 1. The molecule has 1 radical (unpaired) electrons. The predicted molar refractivity (Wildman–Crippen MR) is 34.4 cm³/mol. The molecule has 0 unspecified atom stereocenters. The Balaban J connectivity index is -0.000000163. The van der Waals surface area contributed by atoms with Gasteiger partial charge in [0.05, 0.1) is 6.10 Å². The van der Waals surface area contributed by atoms with Crippen molar-refractivity contribution in [3.63, 3.8) is 0 Å². The van der Waals surface area contributed by atoms with Crippen LogP contribution in [0.15, 0.2) is 0 Å². The molecule has 0 atom stereocenters. The first-order valence-corrected chi connectivity index (χ1v) is 3.07. The second-order valence-electron chi connectivity index (χ2n) is 2.29. The van der Waals surface area contributed by atoms with Crippen molar-refractivity contribution in [1.29, 1.82) is 0 Å². The van der Waals surface area contributed by atoms with Gasteiger partial charge in [-0.3, -0.25) is 0 Å². The zero-order valence-electron chi connectivity index (χ0n) is 6.12. The molecule has 1 aliphatic rings. The van der Waals surface area contributed by atoms with Gasteiger partial charge in [-0.05, 0) is 12.8 Å². The second kappa shape index (κ2) is 10.7. The van der Waals surface area contributed by atoms with Crippen molar-refractivity contribution < 1.29 is 58.9 Å². The molecule has 59 valence electrons. The van der Waals surface area contributed by atoms with E-state index in [2.05, 4.69) is 0 Å². The molecule has 0 amide bonds. The summed E-state index contributed by atoms with van der Waals surface area (Å²) in [6.07, 6.45) is 5.92. The molecule has 0 aliphatic heterocycles. The van der Waals surface area contributed by atoms with Gasteiger partial charge < -0.3 is 11.3 Å². The van der Waals surface area contributed by atoms with Crippen LogP contribution >= 0.6 is 0 Å². The van der Waals surface area contributed by atoms with Crippen LogP contribution in [0.2, 0.25) is 0 Å². The molecule has 1 rings (SSSR count). The number of hydrogen-bond donors (Lipinski definition) is 1. The van der Waals surface area contributed by atoms with Crippen LogP contribution in [0.3, 0.4) is 0 Å². The molecule has 10 heavy (non-hydrogen) atoms. The van der Waals surface area contributed by atoms with Gasteiger partial charge in [0.25, 0.3) is 0 Å². The topological polar surface area (TPSA) is 53.7 Å². The number of nitrogens with two attached hydrogens (primary N) is 1. The molecule has 0 heterocycles. The van der Waals surface area contributed by atoms with Crippen LogP contribution in [-0.2, 0) is 53.8 Å². The Bertz CT molecular complexity index is 59.7. The van der Waals surface area contributed by atoms with Gasteiger partial charge in [-0.15, -0.1) is 0 Å². The number of aliphatic hydroxyl groups is 1. The molecule has 3 N–H and O–H groups in total. The van der Waals surface area contributed by atoms with Crippen molar-refractivity contribution in [2.24, 2.45) is 0 Å². The summed E-state index contributed by atoms with van der Waals surface area (Å²) in [5.74, 6) is 0. The van der Waals surface area contributed by atoms with Crippen LogP contribution < -0.4 is 0 Å². The van der Waals surface area contributed by atoms with Gasteiger partial charge in [-0.25, -0.2) is 0 Å². The molecule has 0 aromatic rings. The monoisotopic (exact) mass is 389 g/mol. The van der Waals surface area contributed by atoms with Gasteiger partial charge in [0.1, 0.15) is 0 Å². The van der Waals surface area contributed by atoms with E-state index < -0.39 is 0 Å². The smallest absolute Gasteiger partial charge is 0.0540 e. The van der Waals surface area contributed by atoms with Crippen LogP contribution in [0.1, 0.15) is 32.1 Å². The molecule has 0 aromatic heterocycles. The van der Waals surface area contributed by atoms with Crippen molar-refractivity contribution >= 4 is 0 Å². The predicted octanol–water partition coefficient (Wildman–Crippen LogP) is 2.02. The third-order valence-corrected chi connectivity index (χ3v) is 1.57. The average Bonchev–Trinajstić information content (AvgIpc) is 1.69. The quantitative estimate of drug-likeness (QED) is 0.678. The maximum absolute atomic E-state index is 8.91. The summed E-state index contributed by atoms with van der Waals surface area (Å²) >= 11 is 0. The minimum absolute atomic E-state index is 0. The maximum atomic E-state index is 8.91. The fourth-order valence-corrected chi connectivity index (χ4v) is 1.08. The largest absolute Gasteiger partial charge is 0.693 e. The first-order valence-electron chi connectivity index (χ1n) is 3.07. The fourth-order valence-electron chi connectivity index (χ4n) is 1.08. The minimum atomic E-state index is 0. The van der Waals surface area contributed by atoms with E-state index in [9.17, 15) is 0 Å². The van der Waals surface area contributed by atoms with Gasteiger partial charge in [-0.2, -0.15) is 0 Å². The van der Waals surface area contributed by atoms with Gasteiger partial charge in [0.2, 0.25) is 0 Å². The van der Waals surface area contributed by atoms with Crippen LogP contribution in [0.5, 0.6) is 0 Å². The van der Waals surface area contributed by atoms with E-state index in [4.69, 9.17) is 5.11 Å². The van der Waals surface area contributed by atoms with Crippen LogP contribution in [0.4, 0.5) is 0 Å².